The van der Waals surface area contributed by atoms with Crippen molar-refractivity contribution < 1.29 is 0 Å². The lowest BCUT2D eigenvalue weighted by Gasteiger charge is -2.20. The van der Waals surface area contributed by atoms with Crippen LogP contribution in [0, 0.1) is 17.8 Å². The molecule has 0 heteroatoms. The van der Waals surface area contributed by atoms with Gasteiger partial charge in [0.1, 0.15) is 0 Å². The molecule has 1 aliphatic carbocycles. The quantitative estimate of drug-likeness (QED) is 0.612. The van der Waals surface area contributed by atoms with Crippen LogP contribution in [0.3, 0.4) is 0 Å². The molecule has 0 nitrogen and oxygen atoms in total. The zero-order chi connectivity index (χ0) is 10.6. The number of rotatable bonds is 4. The van der Waals surface area contributed by atoms with E-state index in [0.717, 1.165) is 11.8 Å². The van der Waals surface area contributed by atoms with Crippen LogP contribution in [-0.4, -0.2) is 0 Å². The van der Waals surface area contributed by atoms with Crippen molar-refractivity contribution in [3.8, 4) is 0 Å². The van der Waals surface area contributed by atoms with Crippen LogP contribution in [0.5, 0.6) is 0 Å². The van der Waals surface area contributed by atoms with Crippen molar-refractivity contribution in [3.63, 3.8) is 0 Å². The minimum absolute atomic E-state index is 0.785. The van der Waals surface area contributed by atoms with Crippen molar-refractivity contribution in [1.82, 2.24) is 0 Å². The van der Waals surface area contributed by atoms with E-state index in [0.29, 0.717) is 0 Å². The molecule has 0 aromatic heterocycles. The molecule has 0 spiro atoms. The first-order chi connectivity index (χ1) is 6.58. The summed E-state index contributed by atoms with van der Waals surface area (Å²) in [7, 11) is 0. The van der Waals surface area contributed by atoms with Gasteiger partial charge in [-0.3, -0.25) is 0 Å². The van der Waals surface area contributed by atoms with Crippen LogP contribution < -0.4 is 0 Å². The van der Waals surface area contributed by atoms with E-state index >= 15 is 0 Å². The van der Waals surface area contributed by atoms with E-state index < -0.39 is 0 Å². The molecular formula is C14H23. The van der Waals surface area contributed by atoms with Crippen LogP contribution in [0.4, 0.5) is 0 Å². The summed E-state index contributed by atoms with van der Waals surface area (Å²) in [6.07, 6.45) is 10.5. The molecule has 0 heterocycles. The molecule has 1 aliphatic rings. The van der Waals surface area contributed by atoms with Crippen molar-refractivity contribution in [2.45, 2.75) is 47.0 Å². The molecule has 1 rings (SSSR count). The van der Waals surface area contributed by atoms with E-state index in [4.69, 9.17) is 0 Å². The Balaban J connectivity index is 2.43. The number of allylic oxidation sites excluding steroid dienone is 4. The van der Waals surface area contributed by atoms with Crippen molar-refractivity contribution in [3.05, 3.63) is 29.7 Å². The fourth-order valence-corrected chi connectivity index (χ4v) is 2.06. The maximum Gasteiger partial charge on any atom is 0.00187 e. The zero-order valence-corrected chi connectivity index (χ0v) is 10.0. The highest BCUT2D eigenvalue weighted by Crippen LogP contribution is 2.29. The monoisotopic (exact) mass is 191 g/mol. The molecule has 79 valence electrons. The molecule has 0 amide bonds. The first-order valence-corrected chi connectivity index (χ1v) is 5.78. The van der Waals surface area contributed by atoms with E-state index in [2.05, 4.69) is 45.9 Å². The Kier molecular flexibility index (Phi) is 4.44. The van der Waals surface area contributed by atoms with Gasteiger partial charge < -0.3 is 0 Å². The van der Waals surface area contributed by atoms with E-state index in [1.54, 1.807) is 11.5 Å². The average Bonchev–Trinajstić information content (AvgIpc) is 2.01. The molecule has 0 bridgehead atoms. The van der Waals surface area contributed by atoms with Gasteiger partial charge in [-0.2, -0.15) is 0 Å². The summed E-state index contributed by atoms with van der Waals surface area (Å²) in [6.45, 7) is 9.17. The molecule has 0 aromatic carbocycles. The fourth-order valence-electron chi connectivity index (χ4n) is 2.06. The molecule has 0 aromatic rings. The van der Waals surface area contributed by atoms with Crippen LogP contribution in [-0.2, 0) is 0 Å². The molecule has 1 radical (unpaired) electrons. The molecule has 0 N–H and O–H groups in total. The molecule has 0 aliphatic heterocycles. The fraction of sp³-hybridized carbons (Fsp3) is 0.643. The summed E-state index contributed by atoms with van der Waals surface area (Å²) in [5.41, 5.74) is 1.61. The first-order valence-electron chi connectivity index (χ1n) is 5.78. The average molecular weight is 191 g/mol. The predicted octanol–water partition coefficient (Wildman–Crippen LogP) is 4.54. The second-order valence-electron chi connectivity index (χ2n) is 5.21. The SMILES string of the molecule is CC(C)C[C]1C=CC=C(CC(C)C)C1. The lowest BCUT2D eigenvalue weighted by molar-refractivity contribution is 0.578. The highest BCUT2D eigenvalue weighted by molar-refractivity contribution is 5.30. The lowest BCUT2D eigenvalue weighted by atomic mass is 9.85. The summed E-state index contributed by atoms with van der Waals surface area (Å²) in [5.74, 6) is 3.18. The standard InChI is InChI=1S/C14H23/c1-11(2)8-13-6-5-7-14(10-13)9-12(3)4/h5-7,11-12H,8-10H2,1-4H3. The van der Waals surface area contributed by atoms with Crippen LogP contribution in [0.2, 0.25) is 0 Å². The molecule has 0 saturated carbocycles. The van der Waals surface area contributed by atoms with Crippen molar-refractivity contribution in [2.75, 3.05) is 0 Å². The third-order valence-electron chi connectivity index (χ3n) is 2.46. The van der Waals surface area contributed by atoms with Gasteiger partial charge in [-0.15, -0.1) is 0 Å². The Morgan fingerprint density at radius 2 is 1.71 bits per heavy atom. The Labute approximate surface area is 89.1 Å². The summed E-state index contributed by atoms with van der Waals surface area (Å²) in [6, 6.07) is 0. The first kappa shape index (κ1) is 11.6. The van der Waals surface area contributed by atoms with Gasteiger partial charge in [-0.1, -0.05) is 51.5 Å². The lowest BCUT2D eigenvalue weighted by Crippen LogP contribution is -2.05. The Bertz CT molecular complexity index is 218. The molecule has 14 heavy (non-hydrogen) atoms. The zero-order valence-electron chi connectivity index (χ0n) is 10.0. The molecule has 0 unspecified atom stereocenters. The molecule has 0 saturated heterocycles. The number of hydrogen-bond acceptors (Lipinski definition) is 0. The smallest absolute Gasteiger partial charge is 0.00187 e. The Morgan fingerprint density at radius 3 is 2.29 bits per heavy atom. The van der Waals surface area contributed by atoms with E-state index in [-0.39, 0.29) is 0 Å². The summed E-state index contributed by atoms with van der Waals surface area (Å²) in [4.78, 5) is 0. The Morgan fingerprint density at radius 1 is 1.07 bits per heavy atom. The van der Waals surface area contributed by atoms with Gasteiger partial charge in [0.15, 0.2) is 0 Å². The topological polar surface area (TPSA) is 0 Å². The van der Waals surface area contributed by atoms with Gasteiger partial charge in [-0.25, -0.2) is 0 Å². The van der Waals surface area contributed by atoms with Gasteiger partial charge in [-0.05, 0) is 31.1 Å². The largest absolute Gasteiger partial charge is 0.0771 e. The number of hydrogen-bond donors (Lipinski definition) is 0. The molecule has 0 atom stereocenters. The van der Waals surface area contributed by atoms with E-state index in [9.17, 15) is 0 Å². The van der Waals surface area contributed by atoms with Crippen molar-refractivity contribution in [1.29, 1.82) is 0 Å². The van der Waals surface area contributed by atoms with Gasteiger partial charge in [0, 0.05) is 5.92 Å². The van der Waals surface area contributed by atoms with Gasteiger partial charge in [0.05, 0.1) is 0 Å². The van der Waals surface area contributed by atoms with Crippen molar-refractivity contribution in [2.24, 2.45) is 11.8 Å². The second kappa shape index (κ2) is 5.38. The predicted molar refractivity (Wildman–Crippen MR) is 64.0 cm³/mol. The minimum atomic E-state index is 0.785. The third-order valence-corrected chi connectivity index (χ3v) is 2.46. The highest BCUT2D eigenvalue weighted by atomic mass is 14.2. The van der Waals surface area contributed by atoms with Crippen LogP contribution >= 0.6 is 0 Å². The molecule has 0 fully saturated rings. The highest BCUT2D eigenvalue weighted by Gasteiger charge is 2.13. The van der Waals surface area contributed by atoms with Crippen molar-refractivity contribution >= 4 is 0 Å². The van der Waals surface area contributed by atoms with Crippen LogP contribution in [0.25, 0.3) is 0 Å². The summed E-state index contributed by atoms with van der Waals surface area (Å²) >= 11 is 0. The van der Waals surface area contributed by atoms with E-state index in [1.165, 1.54) is 19.3 Å². The maximum atomic E-state index is 2.30. The molecular weight excluding hydrogens is 168 g/mol. The van der Waals surface area contributed by atoms with Crippen LogP contribution in [0.15, 0.2) is 23.8 Å². The normalized spacial score (nSPS) is 18.0. The van der Waals surface area contributed by atoms with Gasteiger partial charge >= 0.3 is 0 Å². The third kappa shape index (κ3) is 4.13. The summed E-state index contributed by atoms with van der Waals surface area (Å²) in [5, 5.41) is 0. The second-order valence-corrected chi connectivity index (χ2v) is 5.21. The van der Waals surface area contributed by atoms with Gasteiger partial charge in [0.25, 0.3) is 0 Å². The maximum absolute atomic E-state index is 2.30. The minimum Gasteiger partial charge on any atom is -0.0771 e. The summed E-state index contributed by atoms with van der Waals surface area (Å²) < 4.78 is 0. The van der Waals surface area contributed by atoms with E-state index in [1.807, 2.05) is 0 Å². The Hall–Kier alpha value is -0.520. The van der Waals surface area contributed by atoms with Crippen LogP contribution in [0.1, 0.15) is 47.0 Å². The van der Waals surface area contributed by atoms with Gasteiger partial charge in [0.2, 0.25) is 0 Å².